The van der Waals surface area contributed by atoms with Crippen LogP contribution in [0.25, 0.3) is 21.5 Å². The first-order valence-corrected chi connectivity index (χ1v) is 10.3. The Morgan fingerprint density at radius 2 is 1.48 bits per heavy atom. The third-order valence-corrected chi connectivity index (χ3v) is 5.56. The highest BCUT2D eigenvalue weighted by molar-refractivity contribution is 5.89. The van der Waals surface area contributed by atoms with E-state index in [0.717, 1.165) is 28.9 Å². The molecule has 0 spiro atoms. The van der Waals surface area contributed by atoms with Crippen LogP contribution in [0.2, 0.25) is 0 Å². The molecule has 0 aliphatic heterocycles. The lowest BCUT2D eigenvalue weighted by Crippen LogP contribution is -2.00. The minimum atomic E-state index is 0.405. The van der Waals surface area contributed by atoms with Gasteiger partial charge in [-0.15, -0.1) is 0 Å². The van der Waals surface area contributed by atoms with E-state index in [4.69, 9.17) is 9.47 Å². The van der Waals surface area contributed by atoms with Crippen molar-refractivity contribution in [2.75, 3.05) is 7.11 Å². The van der Waals surface area contributed by atoms with Crippen LogP contribution in [-0.2, 0) is 13.0 Å². The largest absolute Gasteiger partial charge is 0.496 e. The van der Waals surface area contributed by atoms with Crippen LogP contribution in [0, 0.1) is 0 Å². The van der Waals surface area contributed by atoms with E-state index in [1.165, 1.54) is 27.3 Å². The Kier molecular flexibility index (Phi) is 5.44. The Balaban J connectivity index is 1.66. The molecule has 0 atom stereocenters. The molecule has 0 aromatic heterocycles. The van der Waals surface area contributed by atoms with Gasteiger partial charge in [-0.05, 0) is 69.5 Å². The van der Waals surface area contributed by atoms with Crippen molar-refractivity contribution in [3.05, 3.63) is 83.4 Å². The van der Waals surface area contributed by atoms with Gasteiger partial charge in [0.1, 0.15) is 18.1 Å². The van der Waals surface area contributed by atoms with Crippen LogP contribution < -0.4 is 9.47 Å². The van der Waals surface area contributed by atoms with E-state index >= 15 is 0 Å². The standard InChI is InChI=1S/C27H28O2/c1-5-19-12-23-13-20(10-11-24(23)26(14-19)28-4)17-29-27-16-22-9-7-6-8-21(22)15-25(27)18(2)3/h6-16,18H,5,17H2,1-4H3. The maximum Gasteiger partial charge on any atom is 0.126 e. The highest BCUT2D eigenvalue weighted by Gasteiger charge is 2.11. The van der Waals surface area contributed by atoms with E-state index in [2.05, 4.69) is 87.5 Å². The highest BCUT2D eigenvalue weighted by atomic mass is 16.5. The van der Waals surface area contributed by atoms with Crippen LogP contribution in [0.4, 0.5) is 0 Å². The molecule has 29 heavy (non-hydrogen) atoms. The third kappa shape index (κ3) is 3.93. The van der Waals surface area contributed by atoms with E-state index in [-0.39, 0.29) is 0 Å². The molecule has 0 aliphatic carbocycles. The van der Waals surface area contributed by atoms with E-state index < -0.39 is 0 Å². The summed E-state index contributed by atoms with van der Waals surface area (Å²) in [6, 6.07) is 23.7. The monoisotopic (exact) mass is 384 g/mol. The van der Waals surface area contributed by atoms with Gasteiger partial charge in [0, 0.05) is 5.39 Å². The number of methoxy groups -OCH3 is 1. The zero-order chi connectivity index (χ0) is 20.4. The first kappa shape index (κ1) is 19.3. The molecular weight excluding hydrogens is 356 g/mol. The van der Waals surface area contributed by atoms with Gasteiger partial charge >= 0.3 is 0 Å². The average Bonchev–Trinajstić information content (AvgIpc) is 2.75. The van der Waals surface area contributed by atoms with Crippen molar-refractivity contribution in [2.24, 2.45) is 0 Å². The summed E-state index contributed by atoms with van der Waals surface area (Å²) >= 11 is 0. The first-order chi connectivity index (χ1) is 14.1. The van der Waals surface area contributed by atoms with Crippen molar-refractivity contribution in [1.82, 2.24) is 0 Å². The molecule has 2 nitrogen and oxygen atoms in total. The molecule has 0 heterocycles. The van der Waals surface area contributed by atoms with Crippen LogP contribution in [0.5, 0.6) is 11.5 Å². The molecule has 0 unspecified atom stereocenters. The van der Waals surface area contributed by atoms with Gasteiger partial charge in [0.25, 0.3) is 0 Å². The summed E-state index contributed by atoms with van der Waals surface area (Å²) in [6.45, 7) is 7.14. The van der Waals surface area contributed by atoms with Gasteiger partial charge in [-0.2, -0.15) is 0 Å². The molecule has 148 valence electrons. The van der Waals surface area contributed by atoms with E-state index in [1.54, 1.807) is 7.11 Å². The van der Waals surface area contributed by atoms with Crippen molar-refractivity contribution in [1.29, 1.82) is 0 Å². The molecule has 0 N–H and O–H groups in total. The van der Waals surface area contributed by atoms with Crippen molar-refractivity contribution < 1.29 is 9.47 Å². The lowest BCUT2D eigenvalue weighted by atomic mass is 9.98. The topological polar surface area (TPSA) is 18.5 Å². The Bertz CT molecular complexity index is 1160. The Morgan fingerprint density at radius 1 is 0.759 bits per heavy atom. The fourth-order valence-electron chi connectivity index (χ4n) is 3.88. The molecular formula is C27H28O2. The van der Waals surface area contributed by atoms with Gasteiger partial charge in [0.15, 0.2) is 0 Å². The predicted molar refractivity (Wildman–Crippen MR) is 122 cm³/mol. The van der Waals surface area contributed by atoms with Crippen LogP contribution >= 0.6 is 0 Å². The van der Waals surface area contributed by atoms with Gasteiger partial charge in [0.05, 0.1) is 7.11 Å². The SMILES string of the molecule is CCc1cc(OC)c2ccc(COc3cc4ccccc4cc3C(C)C)cc2c1. The van der Waals surface area contributed by atoms with E-state index in [0.29, 0.717) is 12.5 Å². The lowest BCUT2D eigenvalue weighted by molar-refractivity contribution is 0.302. The van der Waals surface area contributed by atoms with Gasteiger partial charge in [-0.25, -0.2) is 0 Å². The van der Waals surface area contributed by atoms with Crippen molar-refractivity contribution in [2.45, 2.75) is 39.7 Å². The zero-order valence-electron chi connectivity index (χ0n) is 17.7. The molecule has 0 fully saturated rings. The summed E-state index contributed by atoms with van der Waals surface area (Å²) in [5, 5.41) is 4.81. The summed E-state index contributed by atoms with van der Waals surface area (Å²) in [4.78, 5) is 0. The fourth-order valence-corrected chi connectivity index (χ4v) is 3.88. The molecule has 2 heteroatoms. The average molecular weight is 385 g/mol. The first-order valence-electron chi connectivity index (χ1n) is 10.3. The van der Waals surface area contributed by atoms with Crippen molar-refractivity contribution >= 4 is 21.5 Å². The summed E-state index contributed by atoms with van der Waals surface area (Å²) in [7, 11) is 1.73. The minimum absolute atomic E-state index is 0.405. The molecule has 4 aromatic carbocycles. The summed E-state index contributed by atoms with van der Waals surface area (Å²) < 4.78 is 11.9. The molecule has 0 saturated heterocycles. The summed E-state index contributed by atoms with van der Waals surface area (Å²) in [5.74, 6) is 2.31. The normalized spacial score (nSPS) is 11.3. The number of benzene rings is 4. The number of aryl methyl sites for hydroxylation is 1. The van der Waals surface area contributed by atoms with Crippen LogP contribution in [0.1, 0.15) is 43.4 Å². The molecule has 0 bridgehead atoms. The number of rotatable bonds is 6. The predicted octanol–water partition coefficient (Wildman–Crippen LogP) is 7.27. The Hall–Kier alpha value is -3.00. The van der Waals surface area contributed by atoms with E-state index in [1.807, 2.05) is 0 Å². The molecule has 4 aromatic rings. The summed E-state index contributed by atoms with van der Waals surface area (Å²) in [6.07, 6.45) is 0.988. The number of hydrogen-bond donors (Lipinski definition) is 0. The fraction of sp³-hybridized carbons (Fsp3) is 0.259. The maximum atomic E-state index is 6.32. The second-order valence-corrected chi connectivity index (χ2v) is 7.89. The Labute approximate surface area is 173 Å². The second-order valence-electron chi connectivity index (χ2n) is 7.89. The Morgan fingerprint density at radius 3 is 2.17 bits per heavy atom. The van der Waals surface area contributed by atoms with Gasteiger partial charge in [0.2, 0.25) is 0 Å². The second kappa shape index (κ2) is 8.16. The van der Waals surface area contributed by atoms with Gasteiger partial charge < -0.3 is 9.47 Å². The molecule has 0 radical (unpaired) electrons. The molecule has 4 rings (SSSR count). The summed E-state index contributed by atoms with van der Waals surface area (Å²) in [5.41, 5.74) is 3.69. The quantitative estimate of drug-likeness (QED) is 0.348. The zero-order valence-corrected chi connectivity index (χ0v) is 17.7. The smallest absolute Gasteiger partial charge is 0.126 e. The maximum absolute atomic E-state index is 6.32. The van der Waals surface area contributed by atoms with Crippen LogP contribution in [0.3, 0.4) is 0 Å². The van der Waals surface area contributed by atoms with E-state index in [9.17, 15) is 0 Å². The van der Waals surface area contributed by atoms with Crippen molar-refractivity contribution in [3.8, 4) is 11.5 Å². The van der Waals surface area contributed by atoms with Crippen molar-refractivity contribution in [3.63, 3.8) is 0 Å². The minimum Gasteiger partial charge on any atom is -0.496 e. The molecule has 0 saturated carbocycles. The van der Waals surface area contributed by atoms with Crippen LogP contribution in [0.15, 0.2) is 66.7 Å². The van der Waals surface area contributed by atoms with Gasteiger partial charge in [-0.3, -0.25) is 0 Å². The number of hydrogen-bond acceptors (Lipinski definition) is 2. The number of ether oxygens (including phenoxy) is 2. The van der Waals surface area contributed by atoms with Gasteiger partial charge in [-0.1, -0.05) is 63.2 Å². The highest BCUT2D eigenvalue weighted by Crippen LogP contribution is 2.33. The van der Waals surface area contributed by atoms with Crippen LogP contribution in [-0.4, -0.2) is 7.11 Å². The molecule has 0 amide bonds. The lowest BCUT2D eigenvalue weighted by Gasteiger charge is -2.16. The third-order valence-electron chi connectivity index (χ3n) is 5.56. The number of fused-ring (bicyclic) bond motifs is 2. The molecule has 0 aliphatic rings.